The number of ether oxygens (including phenoxy) is 2. The molecule has 0 fully saturated rings. The molecule has 0 aliphatic carbocycles. The van der Waals surface area contributed by atoms with Gasteiger partial charge >= 0.3 is 0 Å². The van der Waals surface area contributed by atoms with Gasteiger partial charge in [0.05, 0.1) is 11.9 Å². The van der Waals surface area contributed by atoms with Gasteiger partial charge in [-0.15, -0.1) is 0 Å². The first-order valence-electron chi connectivity index (χ1n) is 14.0. The van der Waals surface area contributed by atoms with Crippen molar-refractivity contribution in [3.63, 3.8) is 0 Å². The monoisotopic (exact) mass is 647 g/mol. The number of hydrogen-bond donors (Lipinski definition) is 1. The zero-order valence-corrected chi connectivity index (χ0v) is 26.4. The third-order valence-corrected chi connectivity index (χ3v) is 8.83. The van der Waals surface area contributed by atoms with Crippen molar-refractivity contribution in [2.45, 2.75) is 38.8 Å². The van der Waals surface area contributed by atoms with E-state index in [1.165, 1.54) is 11.0 Å². The number of sulfonamides is 1. The Balaban J connectivity index is 1.75. The van der Waals surface area contributed by atoms with Gasteiger partial charge in [-0.2, -0.15) is 0 Å². The molecule has 1 N–H and O–H groups in total. The SMILES string of the molecule is CCCCNC(=O)[C@H](Cc1ccccc1)N(Cc1c(Cl)cccc1Cl)C(=O)CN(c1ccc2c(c1)OCCO2)S(C)(=O)=O. The van der Waals surface area contributed by atoms with Crippen LogP contribution in [-0.4, -0.2) is 63.7 Å². The Morgan fingerprint density at radius 3 is 2.28 bits per heavy atom. The van der Waals surface area contributed by atoms with Gasteiger partial charge in [0.25, 0.3) is 0 Å². The van der Waals surface area contributed by atoms with Crippen LogP contribution < -0.4 is 19.1 Å². The van der Waals surface area contributed by atoms with Gasteiger partial charge in [-0.1, -0.05) is 72.9 Å². The van der Waals surface area contributed by atoms with Gasteiger partial charge in [0, 0.05) is 41.2 Å². The van der Waals surface area contributed by atoms with Gasteiger partial charge in [0.15, 0.2) is 11.5 Å². The van der Waals surface area contributed by atoms with Crippen molar-refractivity contribution in [2.24, 2.45) is 0 Å². The van der Waals surface area contributed by atoms with Crippen molar-refractivity contribution in [1.29, 1.82) is 0 Å². The maximum absolute atomic E-state index is 14.3. The Hall–Kier alpha value is -3.47. The fourth-order valence-electron chi connectivity index (χ4n) is 4.71. The van der Waals surface area contributed by atoms with Crippen molar-refractivity contribution in [3.05, 3.63) is 87.9 Å². The molecule has 230 valence electrons. The minimum Gasteiger partial charge on any atom is -0.486 e. The maximum atomic E-state index is 14.3. The number of carbonyl (C=O) groups excluding carboxylic acids is 2. The molecule has 43 heavy (non-hydrogen) atoms. The first-order chi connectivity index (χ1) is 20.6. The lowest BCUT2D eigenvalue weighted by Gasteiger charge is -2.34. The Kier molecular flexibility index (Phi) is 11.2. The molecule has 12 heteroatoms. The summed E-state index contributed by atoms with van der Waals surface area (Å²) in [4.78, 5) is 29.3. The molecule has 0 radical (unpaired) electrons. The lowest BCUT2D eigenvalue weighted by atomic mass is 10.0. The average molecular weight is 649 g/mol. The van der Waals surface area contributed by atoms with Crippen LogP contribution in [0.15, 0.2) is 66.7 Å². The van der Waals surface area contributed by atoms with Crippen LogP contribution in [0.4, 0.5) is 5.69 Å². The van der Waals surface area contributed by atoms with Crippen LogP contribution >= 0.6 is 23.2 Å². The van der Waals surface area contributed by atoms with Gasteiger partial charge in [-0.3, -0.25) is 13.9 Å². The zero-order valence-electron chi connectivity index (χ0n) is 24.1. The van der Waals surface area contributed by atoms with Gasteiger partial charge in [-0.05, 0) is 36.2 Å². The summed E-state index contributed by atoms with van der Waals surface area (Å²) in [7, 11) is -3.95. The number of fused-ring (bicyclic) bond motifs is 1. The van der Waals surface area contributed by atoms with Crippen LogP contribution in [0, 0.1) is 0 Å². The Morgan fingerprint density at radius 2 is 1.63 bits per heavy atom. The summed E-state index contributed by atoms with van der Waals surface area (Å²) in [5.41, 5.74) is 1.50. The maximum Gasteiger partial charge on any atom is 0.244 e. The lowest BCUT2D eigenvalue weighted by molar-refractivity contribution is -0.140. The summed E-state index contributed by atoms with van der Waals surface area (Å²) < 4.78 is 38.3. The van der Waals surface area contributed by atoms with E-state index in [0.717, 1.165) is 29.0 Å². The van der Waals surface area contributed by atoms with E-state index >= 15 is 0 Å². The molecule has 2 amide bonds. The van der Waals surface area contributed by atoms with E-state index in [9.17, 15) is 18.0 Å². The van der Waals surface area contributed by atoms with Gasteiger partial charge in [-0.25, -0.2) is 8.42 Å². The van der Waals surface area contributed by atoms with Gasteiger partial charge in [0.1, 0.15) is 25.8 Å². The molecule has 0 aromatic heterocycles. The van der Waals surface area contributed by atoms with Crippen molar-refractivity contribution < 1.29 is 27.5 Å². The first kappa shape index (κ1) is 32.4. The number of halogens is 2. The van der Waals surface area contributed by atoms with Gasteiger partial charge in [0.2, 0.25) is 21.8 Å². The highest BCUT2D eigenvalue weighted by Crippen LogP contribution is 2.35. The zero-order chi connectivity index (χ0) is 31.0. The third-order valence-electron chi connectivity index (χ3n) is 6.98. The van der Waals surface area contributed by atoms with E-state index in [4.69, 9.17) is 32.7 Å². The van der Waals surface area contributed by atoms with E-state index in [0.29, 0.717) is 46.9 Å². The molecule has 3 aromatic rings. The van der Waals surface area contributed by atoms with E-state index < -0.39 is 28.5 Å². The largest absolute Gasteiger partial charge is 0.486 e. The second-order valence-electron chi connectivity index (χ2n) is 10.2. The van der Waals surface area contributed by atoms with E-state index in [2.05, 4.69) is 5.32 Å². The van der Waals surface area contributed by atoms with Crippen molar-refractivity contribution in [3.8, 4) is 11.5 Å². The van der Waals surface area contributed by atoms with Crippen molar-refractivity contribution >= 4 is 50.7 Å². The highest BCUT2D eigenvalue weighted by atomic mass is 35.5. The van der Waals surface area contributed by atoms with Crippen LogP contribution in [-0.2, 0) is 32.6 Å². The fraction of sp³-hybridized carbons (Fsp3) is 0.355. The van der Waals surface area contributed by atoms with Crippen molar-refractivity contribution in [2.75, 3.05) is 36.9 Å². The lowest BCUT2D eigenvalue weighted by Crippen LogP contribution is -2.53. The predicted molar refractivity (Wildman–Crippen MR) is 168 cm³/mol. The Bertz CT molecular complexity index is 1520. The molecule has 0 saturated heterocycles. The minimum atomic E-state index is -3.95. The first-order valence-corrected chi connectivity index (χ1v) is 16.6. The second kappa shape index (κ2) is 14.8. The molecule has 1 heterocycles. The van der Waals surface area contributed by atoms with Crippen LogP contribution in [0.3, 0.4) is 0 Å². The summed E-state index contributed by atoms with van der Waals surface area (Å²) in [6, 6.07) is 18.0. The molecule has 9 nitrogen and oxygen atoms in total. The quantitative estimate of drug-likeness (QED) is 0.259. The summed E-state index contributed by atoms with van der Waals surface area (Å²) >= 11 is 13.0. The van der Waals surface area contributed by atoms with Crippen LogP contribution in [0.1, 0.15) is 30.9 Å². The minimum absolute atomic E-state index is 0.116. The van der Waals surface area contributed by atoms with Crippen LogP contribution in [0.25, 0.3) is 0 Å². The highest BCUT2D eigenvalue weighted by Gasteiger charge is 2.34. The molecular formula is C31H35Cl2N3O6S. The topological polar surface area (TPSA) is 105 Å². The number of rotatable bonds is 13. The molecule has 0 unspecified atom stereocenters. The third kappa shape index (κ3) is 8.55. The number of benzene rings is 3. The number of nitrogens with zero attached hydrogens (tertiary/aromatic N) is 2. The summed E-state index contributed by atoms with van der Waals surface area (Å²) in [6.45, 7) is 2.45. The van der Waals surface area contributed by atoms with Crippen molar-refractivity contribution in [1.82, 2.24) is 10.2 Å². The molecule has 1 aliphatic heterocycles. The normalized spacial score (nSPS) is 13.2. The second-order valence-corrected chi connectivity index (χ2v) is 12.9. The molecule has 3 aromatic carbocycles. The summed E-state index contributed by atoms with van der Waals surface area (Å²) in [5, 5.41) is 3.59. The number of carbonyl (C=O) groups is 2. The molecule has 1 aliphatic rings. The number of hydrogen-bond acceptors (Lipinski definition) is 6. The van der Waals surface area contributed by atoms with Gasteiger partial charge < -0.3 is 19.7 Å². The van der Waals surface area contributed by atoms with Crippen LogP contribution in [0.5, 0.6) is 11.5 Å². The number of unbranched alkanes of at least 4 members (excludes halogenated alkanes) is 1. The van der Waals surface area contributed by atoms with E-state index in [1.807, 2.05) is 37.3 Å². The molecule has 0 spiro atoms. The summed E-state index contributed by atoms with van der Waals surface area (Å²) in [5.74, 6) is -0.111. The number of anilines is 1. The summed E-state index contributed by atoms with van der Waals surface area (Å²) in [6.07, 6.45) is 2.85. The predicted octanol–water partition coefficient (Wildman–Crippen LogP) is 5.09. The number of nitrogens with one attached hydrogen (secondary N) is 1. The molecule has 4 rings (SSSR count). The molecule has 0 bridgehead atoms. The molecular weight excluding hydrogens is 613 g/mol. The van der Waals surface area contributed by atoms with E-state index in [1.54, 1.807) is 30.3 Å². The number of amides is 2. The molecule has 0 saturated carbocycles. The fourth-order valence-corrected chi connectivity index (χ4v) is 6.07. The Labute approximate surface area is 262 Å². The highest BCUT2D eigenvalue weighted by molar-refractivity contribution is 7.92. The standard InChI is InChI=1S/C31H35Cl2N3O6S/c1-3-4-15-34-31(38)27(18-22-9-6-5-7-10-22)35(20-24-25(32)11-8-12-26(24)33)30(37)21-36(43(2,39)40)23-13-14-28-29(19-23)42-17-16-41-28/h5-14,19,27H,3-4,15-18,20-21H2,1-2H3,(H,34,38)/t27-/m0/s1. The average Bonchev–Trinajstić information content (AvgIpc) is 2.98. The smallest absolute Gasteiger partial charge is 0.244 e. The van der Waals surface area contributed by atoms with E-state index in [-0.39, 0.29) is 24.6 Å². The van der Waals surface area contributed by atoms with Crippen LogP contribution in [0.2, 0.25) is 10.0 Å². The molecule has 1 atom stereocenters. The Morgan fingerprint density at radius 1 is 0.953 bits per heavy atom.